The maximum absolute atomic E-state index is 10.1. The summed E-state index contributed by atoms with van der Waals surface area (Å²) in [5.74, 6) is -0.490. The topological polar surface area (TPSA) is 76.2 Å². The van der Waals surface area contributed by atoms with Crippen molar-refractivity contribution >= 4 is 23.1 Å². The molecule has 0 saturated heterocycles. The molecule has 0 saturated carbocycles. The number of rotatable bonds is 2. The second-order valence-corrected chi connectivity index (χ2v) is 2.68. The Morgan fingerprint density at radius 3 is 3.00 bits per heavy atom. The molecule has 0 bridgehead atoms. The van der Waals surface area contributed by atoms with Crippen LogP contribution in [0.15, 0.2) is 5.38 Å². The van der Waals surface area contributed by atoms with Gasteiger partial charge in [-0.05, 0) is 0 Å². The summed E-state index contributed by atoms with van der Waals surface area (Å²) in [4.78, 5) is 13.9. The van der Waals surface area contributed by atoms with Gasteiger partial charge in [0.05, 0.1) is 6.42 Å². The van der Waals surface area contributed by atoms with Crippen molar-refractivity contribution in [2.75, 3.05) is 5.73 Å². The number of carboxylic acid groups (broad SMARTS) is 1. The number of nitrogen functional groups attached to an aromatic ring is 1. The molecule has 1 aromatic heterocycles. The van der Waals surface area contributed by atoms with Crippen LogP contribution in [-0.4, -0.2) is 16.1 Å². The molecule has 4 nitrogen and oxygen atoms in total. The van der Waals surface area contributed by atoms with Gasteiger partial charge in [0, 0.05) is 5.38 Å². The first-order chi connectivity index (χ1) is 4.68. The number of nitrogens with zero attached hydrogens (tertiary/aromatic N) is 1. The highest BCUT2D eigenvalue weighted by Crippen LogP contribution is 2.10. The van der Waals surface area contributed by atoms with E-state index in [1.807, 2.05) is 0 Å². The van der Waals surface area contributed by atoms with Crippen molar-refractivity contribution in [1.82, 2.24) is 4.98 Å². The van der Waals surface area contributed by atoms with Crippen molar-refractivity contribution in [2.45, 2.75) is 6.42 Å². The molecule has 0 aliphatic carbocycles. The fourth-order valence-electron chi connectivity index (χ4n) is 0.536. The Hall–Kier alpha value is -1.10. The molecule has 1 heterocycles. The zero-order valence-corrected chi connectivity index (χ0v) is 5.89. The number of carboxylic acids is 1. The molecule has 0 atom stereocenters. The monoisotopic (exact) mass is 158 g/mol. The van der Waals surface area contributed by atoms with E-state index in [0.29, 0.717) is 10.8 Å². The fraction of sp³-hybridized carbons (Fsp3) is 0.200. The van der Waals surface area contributed by atoms with Crippen LogP contribution in [0.4, 0.5) is 5.82 Å². The molecule has 0 fully saturated rings. The highest BCUT2D eigenvalue weighted by molar-refractivity contribution is 7.10. The second kappa shape index (κ2) is 2.66. The summed E-state index contributed by atoms with van der Waals surface area (Å²) in [6, 6.07) is 0. The smallest absolute Gasteiger partial charge is 0.310 e. The van der Waals surface area contributed by atoms with Crippen molar-refractivity contribution in [3.63, 3.8) is 0 Å². The van der Waals surface area contributed by atoms with E-state index in [1.165, 1.54) is 11.3 Å². The highest BCUT2D eigenvalue weighted by atomic mass is 32.1. The largest absolute Gasteiger partial charge is 0.481 e. The Labute approximate surface area is 61.3 Å². The van der Waals surface area contributed by atoms with E-state index in [9.17, 15) is 4.79 Å². The van der Waals surface area contributed by atoms with Gasteiger partial charge in [-0.1, -0.05) is 0 Å². The zero-order valence-electron chi connectivity index (χ0n) is 5.07. The van der Waals surface area contributed by atoms with Crippen molar-refractivity contribution in [3.8, 4) is 0 Å². The van der Waals surface area contributed by atoms with Crippen LogP contribution in [0.5, 0.6) is 0 Å². The predicted molar refractivity (Wildman–Crippen MR) is 37.9 cm³/mol. The molecular weight excluding hydrogens is 152 g/mol. The first-order valence-electron chi connectivity index (χ1n) is 2.60. The zero-order chi connectivity index (χ0) is 7.56. The van der Waals surface area contributed by atoms with Gasteiger partial charge in [0.15, 0.2) is 0 Å². The Bertz CT molecular complexity index is 246. The summed E-state index contributed by atoms with van der Waals surface area (Å²) in [5.41, 5.74) is 5.26. The molecule has 10 heavy (non-hydrogen) atoms. The summed E-state index contributed by atoms with van der Waals surface area (Å²) < 4.78 is 0. The maximum atomic E-state index is 10.1. The number of carbonyl (C=O) groups is 1. The second-order valence-electron chi connectivity index (χ2n) is 1.74. The number of anilines is 1. The molecule has 0 amide bonds. The minimum atomic E-state index is -0.880. The van der Waals surface area contributed by atoms with Crippen LogP contribution in [0.2, 0.25) is 0 Å². The molecule has 0 unspecified atom stereocenters. The van der Waals surface area contributed by atoms with Gasteiger partial charge in [-0.15, -0.1) is 11.3 Å². The summed E-state index contributed by atoms with van der Waals surface area (Å²) in [5, 5.41) is 10.5. The molecule has 0 spiro atoms. The van der Waals surface area contributed by atoms with Gasteiger partial charge >= 0.3 is 5.97 Å². The van der Waals surface area contributed by atoms with Crippen molar-refractivity contribution in [3.05, 3.63) is 10.4 Å². The van der Waals surface area contributed by atoms with E-state index in [4.69, 9.17) is 10.8 Å². The fourth-order valence-corrected chi connectivity index (χ4v) is 1.21. The molecule has 0 aliphatic heterocycles. The number of hydrogen-bond donors (Lipinski definition) is 2. The van der Waals surface area contributed by atoms with Crippen molar-refractivity contribution in [2.24, 2.45) is 0 Å². The van der Waals surface area contributed by atoms with Crippen LogP contribution in [-0.2, 0) is 11.2 Å². The van der Waals surface area contributed by atoms with E-state index in [1.54, 1.807) is 5.38 Å². The third-order valence-corrected chi connectivity index (χ3v) is 1.74. The molecule has 0 radical (unpaired) electrons. The summed E-state index contributed by atoms with van der Waals surface area (Å²) in [6.07, 6.45) is -0.0398. The van der Waals surface area contributed by atoms with Gasteiger partial charge < -0.3 is 10.8 Å². The minimum absolute atomic E-state index is 0.0398. The van der Waals surface area contributed by atoms with Crippen LogP contribution in [0.3, 0.4) is 0 Å². The van der Waals surface area contributed by atoms with Crippen LogP contribution < -0.4 is 5.73 Å². The van der Waals surface area contributed by atoms with E-state index in [2.05, 4.69) is 4.98 Å². The maximum Gasteiger partial charge on any atom is 0.310 e. The van der Waals surface area contributed by atoms with Crippen molar-refractivity contribution < 1.29 is 9.90 Å². The highest BCUT2D eigenvalue weighted by Gasteiger charge is 2.03. The Balaban J connectivity index is 2.67. The molecule has 0 aliphatic rings. The first-order valence-corrected chi connectivity index (χ1v) is 3.48. The lowest BCUT2D eigenvalue weighted by Gasteiger charge is -1.84. The minimum Gasteiger partial charge on any atom is -0.481 e. The third kappa shape index (κ3) is 1.70. The SMILES string of the molecule is Nc1csc(CC(=O)O)n1. The van der Waals surface area contributed by atoms with Crippen molar-refractivity contribution in [1.29, 1.82) is 0 Å². The van der Waals surface area contributed by atoms with Crippen LogP contribution >= 0.6 is 11.3 Å². The molecule has 3 N–H and O–H groups in total. The third-order valence-electron chi connectivity index (χ3n) is 0.872. The summed E-state index contributed by atoms with van der Waals surface area (Å²) in [6.45, 7) is 0. The van der Waals surface area contributed by atoms with Gasteiger partial charge in [0.2, 0.25) is 0 Å². The number of aromatic nitrogens is 1. The van der Waals surface area contributed by atoms with Gasteiger partial charge in [-0.25, -0.2) is 4.98 Å². The van der Waals surface area contributed by atoms with Gasteiger partial charge in [-0.2, -0.15) is 0 Å². The normalized spacial score (nSPS) is 9.60. The Morgan fingerprint density at radius 2 is 2.60 bits per heavy atom. The number of nitrogens with two attached hydrogens (primary N) is 1. The van der Waals surface area contributed by atoms with Gasteiger partial charge in [0.1, 0.15) is 10.8 Å². The van der Waals surface area contributed by atoms with E-state index in [-0.39, 0.29) is 6.42 Å². The van der Waals surface area contributed by atoms with Crippen LogP contribution in [0.1, 0.15) is 5.01 Å². The molecule has 5 heteroatoms. The molecule has 1 rings (SSSR count). The van der Waals surface area contributed by atoms with E-state index >= 15 is 0 Å². The lowest BCUT2D eigenvalue weighted by atomic mass is 10.5. The van der Waals surface area contributed by atoms with Crippen LogP contribution in [0, 0.1) is 0 Å². The predicted octanol–water partition coefficient (Wildman–Crippen LogP) is 0.352. The summed E-state index contributed by atoms with van der Waals surface area (Å²) >= 11 is 1.26. The van der Waals surface area contributed by atoms with E-state index in [0.717, 1.165) is 0 Å². The molecule has 54 valence electrons. The summed E-state index contributed by atoms with van der Waals surface area (Å²) in [7, 11) is 0. The number of aliphatic carboxylic acids is 1. The average molecular weight is 158 g/mol. The lowest BCUT2D eigenvalue weighted by molar-refractivity contribution is -0.136. The standard InChI is InChI=1S/C5H6N2O2S/c6-3-2-10-4(7-3)1-5(8)9/h2H,1,6H2,(H,8,9). The quantitative estimate of drug-likeness (QED) is 0.651. The molecule has 0 aromatic carbocycles. The first kappa shape index (κ1) is 7.01. The number of hydrogen-bond acceptors (Lipinski definition) is 4. The lowest BCUT2D eigenvalue weighted by Crippen LogP contribution is -1.99. The van der Waals surface area contributed by atoms with E-state index < -0.39 is 5.97 Å². The van der Waals surface area contributed by atoms with Gasteiger partial charge in [0.25, 0.3) is 0 Å². The number of thiazole rings is 1. The molecular formula is C5H6N2O2S. The Morgan fingerprint density at radius 1 is 1.90 bits per heavy atom. The average Bonchev–Trinajstić information content (AvgIpc) is 2.13. The van der Waals surface area contributed by atoms with Gasteiger partial charge in [-0.3, -0.25) is 4.79 Å². The Kier molecular flexibility index (Phi) is 1.86. The van der Waals surface area contributed by atoms with Crippen LogP contribution in [0.25, 0.3) is 0 Å². The molecule has 1 aromatic rings.